The predicted molar refractivity (Wildman–Crippen MR) is 79.4 cm³/mol. The Morgan fingerprint density at radius 3 is 2.27 bits per heavy atom. The molecule has 0 radical (unpaired) electrons. The van der Waals surface area contributed by atoms with Crippen LogP contribution in [0.4, 0.5) is 10.1 Å². The lowest BCUT2D eigenvalue weighted by Crippen LogP contribution is -2.37. The number of halogens is 1. The van der Waals surface area contributed by atoms with Gasteiger partial charge < -0.3 is 15.7 Å². The van der Waals surface area contributed by atoms with Crippen LogP contribution in [0.5, 0.6) is 0 Å². The van der Waals surface area contributed by atoms with E-state index in [4.69, 9.17) is 0 Å². The Morgan fingerprint density at radius 2 is 1.64 bits per heavy atom. The van der Waals surface area contributed by atoms with Crippen molar-refractivity contribution in [3.63, 3.8) is 0 Å². The molecule has 114 valence electrons. The van der Waals surface area contributed by atoms with Crippen molar-refractivity contribution in [2.75, 3.05) is 11.9 Å². The average Bonchev–Trinajstić information content (AvgIpc) is 2.55. The summed E-state index contributed by atoms with van der Waals surface area (Å²) in [5.74, 6) is -2.19. The minimum Gasteiger partial charge on any atom is -0.387 e. The first-order valence-electron chi connectivity index (χ1n) is 6.64. The summed E-state index contributed by atoms with van der Waals surface area (Å²) in [5.41, 5.74) is 0.951. The third kappa shape index (κ3) is 4.39. The van der Waals surface area contributed by atoms with E-state index in [2.05, 4.69) is 10.6 Å². The summed E-state index contributed by atoms with van der Waals surface area (Å²) in [7, 11) is 0. The smallest absolute Gasteiger partial charge is 0.313 e. The molecule has 0 saturated carbocycles. The summed E-state index contributed by atoms with van der Waals surface area (Å²) in [6.45, 7) is -0.0836. The highest BCUT2D eigenvalue weighted by Gasteiger charge is 2.15. The normalized spacial score (nSPS) is 11.5. The Kier molecular flexibility index (Phi) is 5.21. The first-order valence-corrected chi connectivity index (χ1v) is 6.64. The van der Waals surface area contributed by atoms with Gasteiger partial charge in [-0.3, -0.25) is 9.59 Å². The largest absolute Gasteiger partial charge is 0.387 e. The van der Waals surface area contributed by atoms with Gasteiger partial charge in [-0.1, -0.05) is 30.3 Å². The summed E-state index contributed by atoms with van der Waals surface area (Å²) in [5, 5.41) is 14.6. The third-order valence-electron chi connectivity index (χ3n) is 2.95. The Labute approximate surface area is 126 Å². The number of nitrogens with one attached hydrogen (secondary N) is 2. The molecule has 5 nitrogen and oxygen atoms in total. The van der Waals surface area contributed by atoms with Crippen LogP contribution >= 0.6 is 0 Å². The van der Waals surface area contributed by atoms with Crippen molar-refractivity contribution >= 4 is 17.5 Å². The molecular weight excluding hydrogens is 287 g/mol. The first kappa shape index (κ1) is 15.7. The van der Waals surface area contributed by atoms with E-state index in [1.807, 2.05) is 6.07 Å². The average molecular weight is 302 g/mol. The maximum atomic E-state index is 12.7. The van der Waals surface area contributed by atoms with Gasteiger partial charge in [0.1, 0.15) is 5.82 Å². The zero-order chi connectivity index (χ0) is 15.9. The van der Waals surface area contributed by atoms with E-state index in [0.29, 0.717) is 11.3 Å². The monoisotopic (exact) mass is 302 g/mol. The number of hydrogen-bond acceptors (Lipinski definition) is 3. The zero-order valence-corrected chi connectivity index (χ0v) is 11.6. The van der Waals surface area contributed by atoms with Crippen LogP contribution in [0.15, 0.2) is 54.6 Å². The Bertz CT molecular complexity index is 644. The van der Waals surface area contributed by atoms with Gasteiger partial charge in [-0.25, -0.2) is 4.39 Å². The molecule has 0 aliphatic rings. The van der Waals surface area contributed by atoms with Crippen molar-refractivity contribution < 1.29 is 19.1 Å². The van der Waals surface area contributed by atoms with E-state index in [1.54, 1.807) is 24.3 Å². The molecule has 0 saturated heterocycles. The predicted octanol–water partition coefficient (Wildman–Crippen LogP) is 1.61. The molecule has 0 bridgehead atoms. The molecule has 22 heavy (non-hydrogen) atoms. The van der Waals surface area contributed by atoms with Crippen LogP contribution in [0, 0.1) is 5.82 Å². The standard InChI is InChI=1S/C16H15FN2O3/c17-12-6-8-13(9-7-12)19-16(22)15(21)18-10-14(20)11-4-2-1-3-5-11/h1-9,14,20H,10H2,(H,18,21)(H,19,22)/t14-/m0/s1. The molecule has 3 N–H and O–H groups in total. The number of hydrogen-bond donors (Lipinski definition) is 3. The molecule has 0 unspecified atom stereocenters. The zero-order valence-electron chi connectivity index (χ0n) is 11.6. The van der Waals surface area contributed by atoms with E-state index < -0.39 is 23.7 Å². The van der Waals surface area contributed by atoms with Gasteiger partial charge in [-0.2, -0.15) is 0 Å². The molecule has 1 atom stereocenters. The maximum Gasteiger partial charge on any atom is 0.313 e. The van der Waals surface area contributed by atoms with E-state index in [9.17, 15) is 19.1 Å². The summed E-state index contributed by atoms with van der Waals surface area (Å²) in [6.07, 6.45) is -0.899. The second-order valence-corrected chi connectivity index (χ2v) is 4.60. The number of amides is 2. The fourth-order valence-electron chi connectivity index (χ4n) is 1.78. The molecule has 0 aliphatic carbocycles. The van der Waals surface area contributed by atoms with Crippen LogP contribution in [-0.2, 0) is 9.59 Å². The third-order valence-corrected chi connectivity index (χ3v) is 2.95. The van der Waals surface area contributed by atoms with Gasteiger partial charge in [0.15, 0.2) is 0 Å². The molecule has 0 fully saturated rings. The summed E-state index contributed by atoms with van der Waals surface area (Å²) < 4.78 is 12.7. The number of anilines is 1. The lowest BCUT2D eigenvalue weighted by Gasteiger charge is -2.12. The second-order valence-electron chi connectivity index (χ2n) is 4.60. The molecule has 2 amide bonds. The molecule has 6 heteroatoms. The van der Waals surface area contributed by atoms with Crippen molar-refractivity contribution in [3.8, 4) is 0 Å². The second kappa shape index (κ2) is 7.33. The Hall–Kier alpha value is -2.73. The Balaban J connectivity index is 1.84. The number of benzene rings is 2. The fraction of sp³-hybridized carbons (Fsp3) is 0.125. The van der Waals surface area contributed by atoms with Crippen molar-refractivity contribution in [1.29, 1.82) is 0 Å². The number of aliphatic hydroxyl groups excluding tert-OH is 1. The molecule has 2 aromatic carbocycles. The van der Waals surface area contributed by atoms with Crippen molar-refractivity contribution in [3.05, 3.63) is 66.0 Å². The summed E-state index contributed by atoms with van der Waals surface area (Å²) >= 11 is 0. The molecular formula is C16H15FN2O3. The van der Waals surface area contributed by atoms with Gasteiger partial charge in [0.25, 0.3) is 0 Å². The van der Waals surface area contributed by atoms with Gasteiger partial charge in [-0.05, 0) is 29.8 Å². The fourth-order valence-corrected chi connectivity index (χ4v) is 1.78. The van der Waals surface area contributed by atoms with Crippen LogP contribution < -0.4 is 10.6 Å². The number of rotatable bonds is 4. The molecule has 0 spiro atoms. The number of aliphatic hydroxyl groups is 1. The highest BCUT2D eigenvalue weighted by atomic mass is 19.1. The Morgan fingerprint density at radius 1 is 1.00 bits per heavy atom. The lowest BCUT2D eigenvalue weighted by molar-refractivity contribution is -0.136. The molecule has 2 aromatic rings. The summed E-state index contributed by atoms with van der Waals surface area (Å²) in [4.78, 5) is 23.3. The lowest BCUT2D eigenvalue weighted by atomic mass is 10.1. The highest BCUT2D eigenvalue weighted by Crippen LogP contribution is 2.11. The quantitative estimate of drug-likeness (QED) is 0.751. The minimum absolute atomic E-state index is 0.0836. The van der Waals surface area contributed by atoms with E-state index >= 15 is 0 Å². The van der Waals surface area contributed by atoms with Gasteiger partial charge >= 0.3 is 11.8 Å². The van der Waals surface area contributed by atoms with E-state index in [0.717, 1.165) is 0 Å². The molecule has 0 heterocycles. The number of carbonyl (C=O) groups is 2. The van der Waals surface area contributed by atoms with E-state index in [-0.39, 0.29) is 6.54 Å². The summed E-state index contributed by atoms with van der Waals surface area (Å²) in [6, 6.07) is 13.8. The van der Waals surface area contributed by atoms with Crippen molar-refractivity contribution in [2.45, 2.75) is 6.10 Å². The molecule has 2 rings (SSSR count). The topological polar surface area (TPSA) is 78.4 Å². The van der Waals surface area contributed by atoms with Crippen molar-refractivity contribution in [1.82, 2.24) is 5.32 Å². The highest BCUT2D eigenvalue weighted by molar-refractivity contribution is 6.39. The number of carbonyl (C=O) groups excluding carboxylic acids is 2. The maximum absolute atomic E-state index is 12.7. The first-order chi connectivity index (χ1) is 10.6. The van der Waals surface area contributed by atoms with Crippen LogP contribution in [0.3, 0.4) is 0 Å². The SMILES string of the molecule is O=C(NC[C@H](O)c1ccccc1)C(=O)Nc1ccc(F)cc1. The van der Waals surface area contributed by atoms with E-state index in [1.165, 1.54) is 24.3 Å². The van der Waals surface area contributed by atoms with Gasteiger partial charge in [0.05, 0.1) is 6.10 Å². The molecule has 0 aromatic heterocycles. The van der Waals surface area contributed by atoms with Crippen LogP contribution in [0.1, 0.15) is 11.7 Å². The molecule has 0 aliphatic heterocycles. The van der Waals surface area contributed by atoms with Gasteiger partial charge in [0, 0.05) is 12.2 Å². The minimum atomic E-state index is -0.899. The van der Waals surface area contributed by atoms with Crippen LogP contribution in [-0.4, -0.2) is 23.5 Å². The van der Waals surface area contributed by atoms with Gasteiger partial charge in [0.2, 0.25) is 0 Å². The van der Waals surface area contributed by atoms with Crippen LogP contribution in [0.25, 0.3) is 0 Å². The van der Waals surface area contributed by atoms with Crippen LogP contribution in [0.2, 0.25) is 0 Å². The van der Waals surface area contributed by atoms with Crippen molar-refractivity contribution in [2.24, 2.45) is 0 Å². The van der Waals surface area contributed by atoms with Gasteiger partial charge in [-0.15, -0.1) is 0 Å².